The average molecular weight is 703 g/mol. The van der Waals surface area contributed by atoms with Crippen molar-refractivity contribution in [2.75, 3.05) is 0 Å². The van der Waals surface area contributed by atoms with E-state index in [0.717, 1.165) is 89.0 Å². The van der Waals surface area contributed by atoms with Crippen LogP contribution in [0.1, 0.15) is 0 Å². The van der Waals surface area contributed by atoms with Gasteiger partial charge in [0.2, 0.25) is 0 Å². The number of furan rings is 1. The highest BCUT2D eigenvalue weighted by Crippen LogP contribution is 2.46. The summed E-state index contributed by atoms with van der Waals surface area (Å²) in [5.41, 5.74) is 15.2. The predicted octanol–water partition coefficient (Wildman–Crippen LogP) is 14.0. The van der Waals surface area contributed by atoms with Gasteiger partial charge in [-0.3, -0.25) is 0 Å². The molecule has 0 aliphatic heterocycles. The molecule has 55 heavy (non-hydrogen) atoms. The second kappa shape index (κ2) is 13.9. The largest absolute Gasteiger partial charge is 0.455 e. The van der Waals surface area contributed by atoms with Crippen molar-refractivity contribution in [1.29, 1.82) is 0 Å². The third-order valence-electron chi connectivity index (χ3n) is 10.3. The van der Waals surface area contributed by atoms with E-state index in [4.69, 9.17) is 14.4 Å². The fraction of sp³-hybridized carbons (Fsp3) is 0. The van der Waals surface area contributed by atoms with Gasteiger partial charge in [0.25, 0.3) is 0 Å². The van der Waals surface area contributed by atoms with E-state index in [1.807, 2.05) is 24.3 Å². The molecule has 0 N–H and O–H groups in total. The molecule has 0 amide bonds. The SMILES string of the molecule is c1ccc(-c2ccc(-c3nc(-c4ccccc4)cc(-c4cc(-c5ccccc5)cc(-c5cccc6c5oc5ccccc56)c4-c4ccccc4)n3)cc2)cc1. The molecule has 3 nitrogen and oxygen atoms in total. The van der Waals surface area contributed by atoms with Crippen LogP contribution in [0.25, 0.3) is 100 Å². The Morgan fingerprint density at radius 1 is 0.309 bits per heavy atom. The lowest BCUT2D eigenvalue weighted by molar-refractivity contribution is 0.670. The van der Waals surface area contributed by atoms with Crippen LogP contribution in [0.2, 0.25) is 0 Å². The van der Waals surface area contributed by atoms with Crippen molar-refractivity contribution in [3.63, 3.8) is 0 Å². The second-order valence-electron chi connectivity index (χ2n) is 13.7. The maximum atomic E-state index is 6.69. The molecule has 0 bridgehead atoms. The van der Waals surface area contributed by atoms with Gasteiger partial charge in [0.15, 0.2) is 5.82 Å². The number of aromatic nitrogens is 2. The van der Waals surface area contributed by atoms with Crippen LogP contribution in [0.15, 0.2) is 211 Å². The zero-order chi connectivity index (χ0) is 36.6. The van der Waals surface area contributed by atoms with E-state index < -0.39 is 0 Å². The molecule has 0 saturated heterocycles. The van der Waals surface area contributed by atoms with Gasteiger partial charge in [0.05, 0.1) is 11.4 Å². The van der Waals surface area contributed by atoms with Gasteiger partial charge in [-0.05, 0) is 63.2 Å². The molecule has 0 atom stereocenters. The Balaban J connectivity index is 1.27. The van der Waals surface area contributed by atoms with Gasteiger partial charge in [-0.15, -0.1) is 0 Å². The third-order valence-corrected chi connectivity index (χ3v) is 10.3. The van der Waals surface area contributed by atoms with Crippen LogP contribution in [0, 0.1) is 0 Å². The summed E-state index contributed by atoms with van der Waals surface area (Å²) in [6.07, 6.45) is 0. The lowest BCUT2D eigenvalue weighted by Gasteiger charge is -2.19. The zero-order valence-electron chi connectivity index (χ0n) is 29.9. The average Bonchev–Trinajstić information content (AvgIpc) is 3.66. The molecule has 2 heterocycles. The summed E-state index contributed by atoms with van der Waals surface area (Å²) in [5, 5.41) is 2.19. The standard InChI is InChI=1S/C52H34N2O/c1-5-16-35(17-6-1)37-28-30-40(31-29-37)52-53-47(38-20-9-3-10-21-38)34-48(54-52)46-33-41(36-18-7-2-8-19-36)32-45(50(46)39-22-11-4-12-23-39)44-26-15-25-43-42-24-13-14-27-49(42)55-51(43)44/h1-34H. The summed E-state index contributed by atoms with van der Waals surface area (Å²) in [5.74, 6) is 0.668. The van der Waals surface area contributed by atoms with Crippen molar-refractivity contribution >= 4 is 21.9 Å². The molecule has 0 spiro atoms. The van der Waals surface area contributed by atoms with Crippen molar-refractivity contribution in [2.24, 2.45) is 0 Å². The van der Waals surface area contributed by atoms with Gasteiger partial charge in [0, 0.05) is 33.0 Å². The summed E-state index contributed by atoms with van der Waals surface area (Å²) in [7, 11) is 0. The van der Waals surface area contributed by atoms with Gasteiger partial charge in [-0.1, -0.05) is 182 Å². The fourth-order valence-corrected chi connectivity index (χ4v) is 7.64. The first-order chi connectivity index (χ1) is 27.3. The first-order valence-electron chi connectivity index (χ1n) is 18.6. The maximum Gasteiger partial charge on any atom is 0.160 e. The number of fused-ring (bicyclic) bond motifs is 3. The van der Waals surface area contributed by atoms with Crippen molar-refractivity contribution in [3.05, 3.63) is 206 Å². The molecule has 3 heteroatoms. The van der Waals surface area contributed by atoms with E-state index in [1.54, 1.807) is 0 Å². The smallest absolute Gasteiger partial charge is 0.160 e. The minimum atomic E-state index is 0.668. The minimum Gasteiger partial charge on any atom is -0.455 e. The van der Waals surface area contributed by atoms with Crippen LogP contribution < -0.4 is 0 Å². The van der Waals surface area contributed by atoms with Gasteiger partial charge >= 0.3 is 0 Å². The van der Waals surface area contributed by atoms with E-state index in [1.165, 1.54) is 5.56 Å². The highest BCUT2D eigenvalue weighted by atomic mass is 16.3. The molecule has 8 aromatic carbocycles. The molecular formula is C52H34N2O. The molecule has 258 valence electrons. The summed E-state index contributed by atoms with van der Waals surface area (Å²) >= 11 is 0. The molecule has 2 aromatic heterocycles. The number of hydrogen-bond acceptors (Lipinski definition) is 3. The van der Waals surface area contributed by atoms with Crippen molar-refractivity contribution in [1.82, 2.24) is 9.97 Å². The van der Waals surface area contributed by atoms with Gasteiger partial charge in [-0.25, -0.2) is 9.97 Å². The fourth-order valence-electron chi connectivity index (χ4n) is 7.64. The first-order valence-corrected chi connectivity index (χ1v) is 18.6. The molecule has 0 saturated carbocycles. The topological polar surface area (TPSA) is 38.9 Å². The summed E-state index contributed by atoms with van der Waals surface area (Å²) in [6.45, 7) is 0. The van der Waals surface area contributed by atoms with Crippen molar-refractivity contribution in [3.8, 4) is 78.4 Å². The number of benzene rings is 8. The number of para-hydroxylation sites is 2. The number of nitrogens with zero attached hydrogens (tertiary/aromatic N) is 2. The number of hydrogen-bond donors (Lipinski definition) is 0. The van der Waals surface area contributed by atoms with E-state index >= 15 is 0 Å². The van der Waals surface area contributed by atoms with Crippen LogP contribution >= 0.6 is 0 Å². The lowest BCUT2D eigenvalue weighted by Crippen LogP contribution is -1.99. The summed E-state index contributed by atoms with van der Waals surface area (Å²) < 4.78 is 6.69. The monoisotopic (exact) mass is 702 g/mol. The van der Waals surface area contributed by atoms with Crippen LogP contribution in [-0.2, 0) is 0 Å². The molecule has 10 rings (SSSR count). The summed E-state index contributed by atoms with van der Waals surface area (Å²) in [6, 6.07) is 72.1. The molecule has 10 aromatic rings. The highest BCUT2D eigenvalue weighted by Gasteiger charge is 2.22. The maximum absolute atomic E-state index is 6.69. The van der Waals surface area contributed by atoms with Crippen LogP contribution in [-0.4, -0.2) is 9.97 Å². The molecule has 0 unspecified atom stereocenters. The third kappa shape index (κ3) is 6.08. The lowest BCUT2D eigenvalue weighted by atomic mass is 9.85. The Morgan fingerprint density at radius 3 is 1.51 bits per heavy atom. The highest BCUT2D eigenvalue weighted by molar-refractivity contribution is 6.12. The molecule has 0 fully saturated rings. The Hall–Kier alpha value is -7.36. The molecule has 0 aliphatic carbocycles. The Bertz CT molecular complexity index is 2940. The number of rotatable bonds is 7. The molecular weight excluding hydrogens is 669 g/mol. The quantitative estimate of drug-likeness (QED) is 0.166. The van der Waals surface area contributed by atoms with Gasteiger partial charge in [0.1, 0.15) is 11.2 Å². The first kappa shape index (κ1) is 32.3. The van der Waals surface area contributed by atoms with Gasteiger partial charge in [-0.2, -0.15) is 0 Å². The van der Waals surface area contributed by atoms with E-state index in [0.29, 0.717) is 5.82 Å². The summed E-state index contributed by atoms with van der Waals surface area (Å²) in [4.78, 5) is 10.6. The van der Waals surface area contributed by atoms with Gasteiger partial charge < -0.3 is 4.42 Å². The van der Waals surface area contributed by atoms with Crippen molar-refractivity contribution in [2.45, 2.75) is 0 Å². The predicted molar refractivity (Wildman–Crippen MR) is 227 cm³/mol. The van der Waals surface area contributed by atoms with Crippen molar-refractivity contribution < 1.29 is 4.42 Å². The minimum absolute atomic E-state index is 0.668. The second-order valence-corrected chi connectivity index (χ2v) is 13.7. The van der Waals surface area contributed by atoms with E-state index in [2.05, 4.69) is 182 Å². The van der Waals surface area contributed by atoms with E-state index in [-0.39, 0.29) is 0 Å². The molecule has 0 aliphatic rings. The Morgan fingerprint density at radius 2 is 0.818 bits per heavy atom. The van der Waals surface area contributed by atoms with Crippen LogP contribution in [0.3, 0.4) is 0 Å². The normalized spacial score (nSPS) is 11.3. The van der Waals surface area contributed by atoms with Crippen LogP contribution in [0.5, 0.6) is 0 Å². The van der Waals surface area contributed by atoms with Crippen LogP contribution in [0.4, 0.5) is 0 Å². The molecule has 0 radical (unpaired) electrons. The van der Waals surface area contributed by atoms with E-state index in [9.17, 15) is 0 Å². The Labute approximate surface area is 319 Å². The Kier molecular flexibility index (Phi) is 8.16. The zero-order valence-corrected chi connectivity index (χ0v) is 29.9.